The van der Waals surface area contributed by atoms with Crippen LogP contribution in [-0.2, 0) is 14.3 Å². The molecule has 0 aliphatic heterocycles. The highest BCUT2D eigenvalue weighted by molar-refractivity contribution is 5.69. The number of hydrogen-bond donors (Lipinski definition) is 1. The van der Waals surface area contributed by atoms with Crippen LogP contribution in [0.1, 0.15) is 136 Å². The lowest BCUT2D eigenvalue weighted by Gasteiger charge is -2.15. The van der Waals surface area contributed by atoms with Crippen molar-refractivity contribution in [3.8, 4) is 0 Å². The molecule has 40 heavy (non-hydrogen) atoms. The number of carbonyl (C=O) groups is 1. The predicted octanol–water partition coefficient (Wildman–Crippen LogP) is 10.1. The van der Waals surface area contributed by atoms with Gasteiger partial charge < -0.3 is 14.6 Å². The Kier molecular flexibility index (Phi) is 31.7. The minimum Gasteiger partial charge on any atom is -0.457 e. The number of aliphatic hydroxyl groups is 1. The fourth-order valence-electron chi connectivity index (χ4n) is 4.12. The first-order valence-electron chi connectivity index (χ1n) is 16.4. The van der Waals surface area contributed by atoms with Crippen molar-refractivity contribution in [2.24, 2.45) is 0 Å². The van der Waals surface area contributed by atoms with Gasteiger partial charge in [0, 0.05) is 13.0 Å². The average Bonchev–Trinajstić information content (AvgIpc) is 2.96. The molecule has 0 aromatic heterocycles. The molecule has 4 heteroatoms. The number of esters is 1. The molecule has 0 rings (SSSR count). The molecule has 0 heterocycles. The molecule has 0 aromatic rings. The summed E-state index contributed by atoms with van der Waals surface area (Å²) in [6.07, 6.45) is 42.5. The Morgan fingerprint density at radius 2 is 1.12 bits per heavy atom. The SMILES string of the molecule is CC/C=C\C/C=C\C/C=C\CCCCCC(=O)OC(CO)COCCCCCCCC/C=C\C/C=C\CCCC. The van der Waals surface area contributed by atoms with Crippen molar-refractivity contribution in [2.45, 2.75) is 142 Å². The summed E-state index contributed by atoms with van der Waals surface area (Å²) in [5.41, 5.74) is 0. The largest absolute Gasteiger partial charge is 0.457 e. The highest BCUT2D eigenvalue weighted by Gasteiger charge is 2.13. The molecule has 1 atom stereocenters. The van der Waals surface area contributed by atoms with Crippen molar-refractivity contribution < 1.29 is 19.4 Å². The quantitative estimate of drug-likeness (QED) is 0.0564. The van der Waals surface area contributed by atoms with Gasteiger partial charge in [0.1, 0.15) is 6.10 Å². The highest BCUT2D eigenvalue weighted by atomic mass is 16.6. The van der Waals surface area contributed by atoms with Crippen molar-refractivity contribution in [3.05, 3.63) is 60.8 Å². The van der Waals surface area contributed by atoms with E-state index in [1.165, 1.54) is 51.4 Å². The van der Waals surface area contributed by atoms with Crippen molar-refractivity contribution in [2.75, 3.05) is 19.8 Å². The maximum absolute atomic E-state index is 12.1. The standard InChI is InChI=1S/C36H62O4/c1-3-5-7-9-11-13-15-17-18-20-22-24-26-28-30-32-39-34-35(33-37)40-36(38)31-29-27-25-23-21-19-16-14-12-10-8-6-4-2/h6,8-9,11-12,14-15,17,19,21,35,37H,3-5,7,10,13,16,18,20,22-34H2,1-2H3/b8-6-,11-9-,14-12-,17-15-,21-19-. The highest BCUT2D eigenvalue weighted by Crippen LogP contribution is 2.09. The van der Waals surface area contributed by atoms with Crippen LogP contribution in [-0.4, -0.2) is 37.0 Å². The summed E-state index contributed by atoms with van der Waals surface area (Å²) in [5.74, 6) is -0.237. The van der Waals surface area contributed by atoms with Crippen LogP contribution >= 0.6 is 0 Å². The minimum absolute atomic E-state index is 0.191. The number of rotatable bonds is 29. The zero-order valence-corrected chi connectivity index (χ0v) is 26.1. The van der Waals surface area contributed by atoms with Crippen LogP contribution < -0.4 is 0 Å². The third kappa shape index (κ3) is 30.6. The third-order valence-corrected chi connectivity index (χ3v) is 6.58. The second-order valence-electron chi connectivity index (χ2n) is 10.5. The van der Waals surface area contributed by atoms with E-state index < -0.39 is 6.10 Å². The molecule has 1 N–H and O–H groups in total. The zero-order chi connectivity index (χ0) is 29.2. The minimum atomic E-state index is -0.555. The van der Waals surface area contributed by atoms with Crippen LogP contribution in [0, 0.1) is 0 Å². The number of unbranched alkanes of at least 4 members (excludes halogenated alkanes) is 11. The van der Waals surface area contributed by atoms with E-state index in [9.17, 15) is 9.90 Å². The molecule has 230 valence electrons. The Bertz CT molecular complexity index is 674. The maximum Gasteiger partial charge on any atom is 0.306 e. The summed E-state index contributed by atoms with van der Waals surface area (Å²) in [4.78, 5) is 12.1. The van der Waals surface area contributed by atoms with Crippen LogP contribution in [0.4, 0.5) is 0 Å². The molecule has 0 bridgehead atoms. The smallest absolute Gasteiger partial charge is 0.306 e. The molecule has 0 saturated heterocycles. The number of carbonyl (C=O) groups excluding carboxylic acids is 1. The normalized spacial score (nSPS) is 13.2. The summed E-state index contributed by atoms with van der Waals surface area (Å²) in [6, 6.07) is 0. The monoisotopic (exact) mass is 558 g/mol. The van der Waals surface area contributed by atoms with E-state index in [4.69, 9.17) is 9.47 Å². The summed E-state index contributed by atoms with van der Waals surface area (Å²) >= 11 is 0. The van der Waals surface area contributed by atoms with Crippen molar-refractivity contribution in [3.63, 3.8) is 0 Å². The fraction of sp³-hybridized carbons (Fsp3) is 0.694. The Labute approximate surface area is 247 Å². The van der Waals surface area contributed by atoms with Gasteiger partial charge in [-0.1, -0.05) is 120 Å². The molecule has 0 radical (unpaired) electrons. The summed E-state index contributed by atoms with van der Waals surface area (Å²) in [5, 5.41) is 9.51. The number of aliphatic hydroxyl groups excluding tert-OH is 1. The molecule has 0 saturated carbocycles. The molecule has 0 amide bonds. The van der Waals surface area contributed by atoms with Gasteiger partial charge in [-0.2, -0.15) is 0 Å². The molecular weight excluding hydrogens is 496 g/mol. The molecule has 0 spiro atoms. The summed E-state index contributed by atoms with van der Waals surface area (Å²) in [6.45, 7) is 5.12. The first-order chi connectivity index (χ1) is 19.7. The van der Waals surface area contributed by atoms with Crippen LogP contribution in [0.15, 0.2) is 60.8 Å². The first-order valence-corrected chi connectivity index (χ1v) is 16.4. The van der Waals surface area contributed by atoms with E-state index >= 15 is 0 Å². The molecule has 4 nitrogen and oxygen atoms in total. The lowest BCUT2D eigenvalue weighted by atomic mass is 10.1. The van der Waals surface area contributed by atoms with E-state index in [1.54, 1.807) is 0 Å². The van der Waals surface area contributed by atoms with Crippen LogP contribution in [0.2, 0.25) is 0 Å². The summed E-state index contributed by atoms with van der Waals surface area (Å²) in [7, 11) is 0. The van der Waals surface area contributed by atoms with E-state index in [0.29, 0.717) is 13.0 Å². The van der Waals surface area contributed by atoms with Gasteiger partial charge in [-0.3, -0.25) is 4.79 Å². The van der Waals surface area contributed by atoms with Gasteiger partial charge in [0.2, 0.25) is 0 Å². The number of allylic oxidation sites excluding steroid dienone is 10. The molecule has 0 aliphatic carbocycles. The predicted molar refractivity (Wildman–Crippen MR) is 173 cm³/mol. The Morgan fingerprint density at radius 3 is 1.70 bits per heavy atom. The molecule has 0 aliphatic rings. The second kappa shape index (κ2) is 33.3. The van der Waals surface area contributed by atoms with Gasteiger partial charge in [0.25, 0.3) is 0 Å². The van der Waals surface area contributed by atoms with Gasteiger partial charge >= 0.3 is 5.97 Å². The van der Waals surface area contributed by atoms with Gasteiger partial charge in [-0.25, -0.2) is 0 Å². The van der Waals surface area contributed by atoms with Crippen molar-refractivity contribution in [1.82, 2.24) is 0 Å². The average molecular weight is 559 g/mol. The Hall–Kier alpha value is -1.91. The third-order valence-electron chi connectivity index (χ3n) is 6.58. The maximum atomic E-state index is 12.1. The van der Waals surface area contributed by atoms with Gasteiger partial charge in [0.05, 0.1) is 13.2 Å². The van der Waals surface area contributed by atoms with Crippen molar-refractivity contribution in [1.29, 1.82) is 0 Å². The summed E-state index contributed by atoms with van der Waals surface area (Å²) < 4.78 is 11.0. The number of ether oxygens (including phenoxy) is 2. The Morgan fingerprint density at radius 1 is 0.625 bits per heavy atom. The molecule has 1 unspecified atom stereocenters. The Balaban J connectivity index is 3.55. The molecule has 0 fully saturated rings. The van der Waals surface area contributed by atoms with Gasteiger partial charge in [-0.05, 0) is 70.6 Å². The lowest BCUT2D eigenvalue weighted by molar-refractivity contribution is -0.154. The van der Waals surface area contributed by atoms with Crippen molar-refractivity contribution >= 4 is 5.97 Å². The van der Waals surface area contributed by atoms with E-state index in [0.717, 1.165) is 64.2 Å². The molecule has 0 aromatic carbocycles. The lowest BCUT2D eigenvalue weighted by Crippen LogP contribution is -2.27. The van der Waals surface area contributed by atoms with E-state index in [-0.39, 0.29) is 19.2 Å². The second-order valence-corrected chi connectivity index (χ2v) is 10.5. The fourth-order valence-corrected chi connectivity index (χ4v) is 4.12. The molecular formula is C36H62O4. The zero-order valence-electron chi connectivity index (χ0n) is 26.1. The van der Waals surface area contributed by atoms with Gasteiger partial charge in [-0.15, -0.1) is 0 Å². The van der Waals surface area contributed by atoms with E-state index in [2.05, 4.69) is 74.6 Å². The van der Waals surface area contributed by atoms with E-state index in [1.807, 2.05) is 0 Å². The number of hydrogen-bond acceptors (Lipinski definition) is 4. The van der Waals surface area contributed by atoms with Gasteiger partial charge in [0.15, 0.2) is 0 Å². The van der Waals surface area contributed by atoms with Crippen LogP contribution in [0.3, 0.4) is 0 Å². The first kappa shape index (κ1) is 38.1. The topological polar surface area (TPSA) is 55.8 Å². The van der Waals surface area contributed by atoms with Crippen LogP contribution in [0.5, 0.6) is 0 Å². The van der Waals surface area contributed by atoms with Crippen LogP contribution in [0.25, 0.3) is 0 Å².